The highest BCUT2D eigenvalue weighted by atomic mass is 16.4. The Hall–Kier alpha value is -0.830. The van der Waals surface area contributed by atoms with Crippen molar-refractivity contribution in [2.24, 2.45) is 11.8 Å². The average Bonchev–Trinajstić information content (AvgIpc) is 2.80. The summed E-state index contributed by atoms with van der Waals surface area (Å²) >= 11 is 0. The zero-order valence-electron chi connectivity index (χ0n) is 10.3. The van der Waals surface area contributed by atoms with Gasteiger partial charge in [0.05, 0.1) is 6.10 Å². The number of aliphatic hydroxyl groups excluding tert-OH is 1. The molecular weight excluding hydrogens is 216 g/mol. The fourth-order valence-electron chi connectivity index (χ4n) is 3.15. The molecule has 2 rings (SSSR count). The van der Waals surface area contributed by atoms with Crippen molar-refractivity contribution in [2.45, 2.75) is 57.5 Å². The van der Waals surface area contributed by atoms with Gasteiger partial charge in [-0.3, -0.25) is 0 Å². The number of allylic oxidation sites excluding steroid dienone is 1. The first-order chi connectivity index (χ1) is 8.16. The predicted molar refractivity (Wildman–Crippen MR) is 65.6 cm³/mol. The van der Waals surface area contributed by atoms with Crippen LogP contribution < -0.4 is 0 Å². The molecule has 0 aliphatic heterocycles. The second-order valence-electron chi connectivity index (χ2n) is 5.48. The van der Waals surface area contributed by atoms with Gasteiger partial charge in [-0.2, -0.15) is 0 Å². The van der Waals surface area contributed by atoms with Crippen LogP contribution in [0.3, 0.4) is 0 Å². The fraction of sp³-hybridized carbons (Fsp3) is 0.786. The van der Waals surface area contributed by atoms with Gasteiger partial charge >= 0.3 is 5.97 Å². The summed E-state index contributed by atoms with van der Waals surface area (Å²) in [6.07, 6.45) is 9.70. The Morgan fingerprint density at radius 1 is 1.00 bits per heavy atom. The van der Waals surface area contributed by atoms with E-state index in [0.29, 0.717) is 11.5 Å². The molecule has 17 heavy (non-hydrogen) atoms. The molecule has 3 heteroatoms. The van der Waals surface area contributed by atoms with Gasteiger partial charge in [-0.05, 0) is 50.4 Å². The van der Waals surface area contributed by atoms with Crippen LogP contribution in [-0.4, -0.2) is 22.3 Å². The molecule has 0 aromatic rings. The van der Waals surface area contributed by atoms with Crippen molar-refractivity contribution in [3.8, 4) is 0 Å². The molecule has 0 spiro atoms. The predicted octanol–water partition coefficient (Wildman–Crippen LogP) is 2.74. The van der Waals surface area contributed by atoms with E-state index in [4.69, 9.17) is 0 Å². The Labute approximate surface area is 103 Å². The van der Waals surface area contributed by atoms with Crippen LogP contribution in [0.5, 0.6) is 0 Å². The first-order valence-corrected chi connectivity index (χ1v) is 6.80. The molecule has 0 atom stereocenters. The monoisotopic (exact) mass is 238 g/mol. The summed E-state index contributed by atoms with van der Waals surface area (Å²) in [6.45, 7) is 0. The average molecular weight is 238 g/mol. The van der Waals surface area contributed by atoms with Gasteiger partial charge in [0.1, 0.15) is 0 Å². The Morgan fingerprint density at radius 2 is 1.59 bits per heavy atom. The number of rotatable bonds is 3. The summed E-state index contributed by atoms with van der Waals surface area (Å²) in [5.41, 5.74) is 0.615. The lowest BCUT2D eigenvalue weighted by atomic mass is 9.81. The van der Waals surface area contributed by atoms with Gasteiger partial charge in [0.25, 0.3) is 0 Å². The van der Waals surface area contributed by atoms with Gasteiger partial charge in [0.2, 0.25) is 0 Å². The van der Waals surface area contributed by atoms with Gasteiger partial charge in [-0.25, -0.2) is 4.79 Å². The van der Waals surface area contributed by atoms with Gasteiger partial charge in [0, 0.05) is 5.57 Å². The molecule has 2 aliphatic rings. The minimum absolute atomic E-state index is 0.163. The van der Waals surface area contributed by atoms with Crippen LogP contribution in [0.15, 0.2) is 11.6 Å². The Bertz CT molecular complexity index is 295. The maximum Gasteiger partial charge on any atom is 0.331 e. The summed E-state index contributed by atoms with van der Waals surface area (Å²) in [7, 11) is 0. The molecule has 0 unspecified atom stereocenters. The highest BCUT2D eigenvalue weighted by Crippen LogP contribution is 2.33. The van der Waals surface area contributed by atoms with Crippen LogP contribution in [0.1, 0.15) is 51.4 Å². The molecule has 2 N–H and O–H groups in total. The summed E-state index contributed by atoms with van der Waals surface area (Å²) in [4.78, 5) is 11.3. The molecule has 0 saturated heterocycles. The zero-order chi connectivity index (χ0) is 12.3. The molecule has 96 valence electrons. The third-order valence-electron chi connectivity index (χ3n) is 4.20. The number of carboxylic acid groups (broad SMARTS) is 1. The van der Waals surface area contributed by atoms with Crippen LogP contribution in [0.4, 0.5) is 0 Å². The standard InChI is InChI=1S/C14H22O3/c15-12-7-5-11(6-8-12)13(14(16)17)9-10-3-1-2-4-10/h9-12,15H,1-8H2,(H,16,17)/b13-9+. The van der Waals surface area contributed by atoms with Crippen LogP contribution in [-0.2, 0) is 4.79 Å². The van der Waals surface area contributed by atoms with Gasteiger partial charge in [-0.15, -0.1) is 0 Å². The quantitative estimate of drug-likeness (QED) is 0.743. The van der Waals surface area contributed by atoms with E-state index in [9.17, 15) is 15.0 Å². The van der Waals surface area contributed by atoms with E-state index in [0.717, 1.165) is 38.5 Å². The van der Waals surface area contributed by atoms with E-state index >= 15 is 0 Å². The zero-order valence-corrected chi connectivity index (χ0v) is 10.3. The summed E-state index contributed by atoms with van der Waals surface area (Å²) in [5.74, 6) is -0.109. The maximum atomic E-state index is 11.3. The van der Waals surface area contributed by atoms with E-state index < -0.39 is 5.97 Å². The maximum absolute atomic E-state index is 11.3. The van der Waals surface area contributed by atoms with Gasteiger partial charge in [-0.1, -0.05) is 18.9 Å². The van der Waals surface area contributed by atoms with E-state index in [-0.39, 0.29) is 12.0 Å². The molecule has 3 nitrogen and oxygen atoms in total. The molecule has 0 aromatic carbocycles. The lowest BCUT2D eigenvalue weighted by molar-refractivity contribution is -0.133. The molecule has 0 aromatic heterocycles. The molecule has 0 heterocycles. The van der Waals surface area contributed by atoms with E-state index in [2.05, 4.69) is 0 Å². The summed E-state index contributed by atoms with van der Waals surface area (Å²) in [5, 5.41) is 18.8. The topological polar surface area (TPSA) is 57.5 Å². The molecule has 0 bridgehead atoms. The number of aliphatic carboxylic acids is 1. The SMILES string of the molecule is O=C(O)/C(=C/C1CCCC1)C1CCC(O)CC1. The second kappa shape index (κ2) is 5.67. The summed E-state index contributed by atoms with van der Waals surface area (Å²) < 4.78 is 0. The lowest BCUT2D eigenvalue weighted by Gasteiger charge is -2.26. The highest BCUT2D eigenvalue weighted by molar-refractivity contribution is 5.87. The fourth-order valence-corrected chi connectivity index (χ4v) is 3.15. The molecule has 2 fully saturated rings. The van der Waals surface area contributed by atoms with Crippen molar-refractivity contribution < 1.29 is 15.0 Å². The Balaban J connectivity index is 2.03. The molecule has 2 saturated carbocycles. The Kier molecular flexibility index (Phi) is 4.21. The number of carbonyl (C=O) groups is 1. The molecular formula is C14H22O3. The third-order valence-corrected chi connectivity index (χ3v) is 4.20. The number of hydrogen-bond acceptors (Lipinski definition) is 2. The first-order valence-electron chi connectivity index (χ1n) is 6.80. The van der Waals surface area contributed by atoms with Crippen molar-refractivity contribution in [1.82, 2.24) is 0 Å². The molecule has 2 aliphatic carbocycles. The lowest BCUT2D eigenvalue weighted by Crippen LogP contribution is -2.23. The van der Waals surface area contributed by atoms with Crippen molar-refractivity contribution in [3.05, 3.63) is 11.6 Å². The number of carboxylic acids is 1. The van der Waals surface area contributed by atoms with E-state index in [1.165, 1.54) is 12.8 Å². The van der Waals surface area contributed by atoms with Gasteiger partial charge < -0.3 is 10.2 Å². The van der Waals surface area contributed by atoms with Crippen LogP contribution in [0.2, 0.25) is 0 Å². The van der Waals surface area contributed by atoms with Gasteiger partial charge in [0.15, 0.2) is 0 Å². The van der Waals surface area contributed by atoms with Crippen molar-refractivity contribution >= 4 is 5.97 Å². The van der Waals surface area contributed by atoms with E-state index in [1.807, 2.05) is 6.08 Å². The minimum atomic E-state index is -0.752. The summed E-state index contributed by atoms with van der Waals surface area (Å²) in [6, 6.07) is 0. The molecule has 0 amide bonds. The smallest absolute Gasteiger partial charge is 0.331 e. The van der Waals surface area contributed by atoms with Crippen molar-refractivity contribution in [3.63, 3.8) is 0 Å². The van der Waals surface area contributed by atoms with E-state index in [1.54, 1.807) is 0 Å². The largest absolute Gasteiger partial charge is 0.478 e. The third kappa shape index (κ3) is 3.32. The van der Waals surface area contributed by atoms with Crippen molar-refractivity contribution in [1.29, 1.82) is 0 Å². The first kappa shape index (κ1) is 12.6. The van der Waals surface area contributed by atoms with Crippen molar-refractivity contribution in [2.75, 3.05) is 0 Å². The van der Waals surface area contributed by atoms with Crippen LogP contribution in [0, 0.1) is 11.8 Å². The Morgan fingerprint density at radius 3 is 2.12 bits per heavy atom. The number of hydrogen-bond donors (Lipinski definition) is 2. The minimum Gasteiger partial charge on any atom is -0.478 e. The molecule has 0 radical (unpaired) electrons. The number of aliphatic hydroxyl groups is 1. The normalized spacial score (nSPS) is 31.7. The van der Waals surface area contributed by atoms with Crippen LogP contribution >= 0.6 is 0 Å². The second-order valence-corrected chi connectivity index (χ2v) is 5.48. The van der Waals surface area contributed by atoms with Crippen LogP contribution in [0.25, 0.3) is 0 Å². The highest BCUT2D eigenvalue weighted by Gasteiger charge is 2.27.